The Kier molecular flexibility index (Phi) is 3.03. The van der Waals surface area contributed by atoms with E-state index >= 15 is 0 Å². The lowest BCUT2D eigenvalue weighted by molar-refractivity contribution is 0.104. The van der Waals surface area contributed by atoms with Gasteiger partial charge >= 0.3 is 0 Å². The highest BCUT2D eigenvalue weighted by atomic mass is 79.9. The highest BCUT2D eigenvalue weighted by Crippen LogP contribution is 2.36. The molecule has 0 saturated carbocycles. The van der Waals surface area contributed by atoms with Crippen molar-refractivity contribution in [1.29, 1.82) is 0 Å². The standard InChI is InChI=1S/C15H7BrOS3/c16-10-3-1-2-8-9(7-19-15(8)10)14(17)13-6-12-11(20-13)4-5-18-12/h1-7H. The van der Waals surface area contributed by atoms with Gasteiger partial charge in [-0.25, -0.2) is 0 Å². The molecule has 5 heteroatoms. The van der Waals surface area contributed by atoms with Gasteiger partial charge in [0, 0.05) is 34.9 Å². The summed E-state index contributed by atoms with van der Waals surface area (Å²) in [5.74, 6) is 0.128. The van der Waals surface area contributed by atoms with E-state index in [4.69, 9.17) is 0 Å². The second-order valence-electron chi connectivity index (χ2n) is 4.35. The lowest BCUT2D eigenvalue weighted by Gasteiger charge is -1.97. The molecular formula is C15H7BrOS3. The van der Waals surface area contributed by atoms with Gasteiger partial charge in [0.05, 0.1) is 4.88 Å². The number of benzene rings is 1. The molecule has 0 spiro atoms. The summed E-state index contributed by atoms with van der Waals surface area (Å²) in [6.07, 6.45) is 0. The molecule has 0 aliphatic heterocycles. The van der Waals surface area contributed by atoms with Gasteiger partial charge < -0.3 is 0 Å². The van der Waals surface area contributed by atoms with Gasteiger partial charge in [0.1, 0.15) is 0 Å². The van der Waals surface area contributed by atoms with Crippen molar-refractivity contribution in [2.75, 3.05) is 0 Å². The van der Waals surface area contributed by atoms with Crippen LogP contribution in [-0.4, -0.2) is 5.78 Å². The van der Waals surface area contributed by atoms with Gasteiger partial charge in [-0.2, -0.15) is 0 Å². The average molecular weight is 379 g/mol. The van der Waals surface area contributed by atoms with Crippen LogP contribution < -0.4 is 0 Å². The zero-order chi connectivity index (χ0) is 13.7. The van der Waals surface area contributed by atoms with Crippen LogP contribution in [0.25, 0.3) is 19.5 Å². The molecule has 0 amide bonds. The van der Waals surface area contributed by atoms with E-state index in [9.17, 15) is 4.79 Å². The number of rotatable bonds is 2. The molecule has 0 bridgehead atoms. The van der Waals surface area contributed by atoms with Crippen molar-refractivity contribution in [3.63, 3.8) is 0 Å². The van der Waals surface area contributed by atoms with Gasteiger partial charge in [0.15, 0.2) is 0 Å². The number of thiophene rings is 3. The third-order valence-corrected chi connectivity index (χ3v) is 7.20. The second kappa shape index (κ2) is 4.77. The van der Waals surface area contributed by atoms with Gasteiger partial charge in [0.25, 0.3) is 0 Å². The van der Waals surface area contributed by atoms with E-state index < -0.39 is 0 Å². The molecule has 3 aromatic heterocycles. The largest absolute Gasteiger partial charge is 0.288 e. The average Bonchev–Trinajstić information content (AvgIpc) is 3.11. The van der Waals surface area contributed by atoms with Crippen molar-refractivity contribution in [1.82, 2.24) is 0 Å². The molecule has 20 heavy (non-hydrogen) atoms. The summed E-state index contributed by atoms with van der Waals surface area (Å²) in [5, 5.41) is 5.06. The maximum Gasteiger partial charge on any atom is 0.204 e. The molecule has 98 valence electrons. The van der Waals surface area contributed by atoms with Crippen molar-refractivity contribution in [2.45, 2.75) is 0 Å². The van der Waals surface area contributed by atoms with Crippen LogP contribution in [0.2, 0.25) is 0 Å². The molecule has 0 saturated heterocycles. The minimum Gasteiger partial charge on any atom is -0.288 e. The van der Waals surface area contributed by atoms with Crippen LogP contribution >= 0.6 is 49.9 Å². The molecule has 0 aliphatic rings. The van der Waals surface area contributed by atoms with Gasteiger partial charge in [-0.3, -0.25) is 4.79 Å². The molecule has 3 heterocycles. The van der Waals surface area contributed by atoms with Crippen molar-refractivity contribution in [3.05, 3.63) is 56.0 Å². The van der Waals surface area contributed by atoms with Crippen LogP contribution in [0.15, 0.2) is 45.6 Å². The molecule has 0 radical (unpaired) electrons. The maximum absolute atomic E-state index is 12.7. The topological polar surface area (TPSA) is 17.1 Å². The Morgan fingerprint density at radius 3 is 2.85 bits per heavy atom. The minimum atomic E-state index is 0.128. The van der Waals surface area contributed by atoms with E-state index in [0.717, 1.165) is 25.0 Å². The minimum absolute atomic E-state index is 0.128. The normalized spacial score (nSPS) is 11.4. The monoisotopic (exact) mass is 378 g/mol. The first-order valence-electron chi connectivity index (χ1n) is 5.91. The number of hydrogen-bond acceptors (Lipinski definition) is 4. The smallest absolute Gasteiger partial charge is 0.204 e. The third-order valence-electron chi connectivity index (χ3n) is 3.16. The first-order chi connectivity index (χ1) is 9.74. The van der Waals surface area contributed by atoms with E-state index in [1.54, 1.807) is 34.0 Å². The molecule has 0 N–H and O–H groups in total. The highest BCUT2D eigenvalue weighted by Gasteiger charge is 2.17. The quantitative estimate of drug-likeness (QED) is 0.381. The lowest BCUT2D eigenvalue weighted by Crippen LogP contribution is -1.96. The summed E-state index contributed by atoms with van der Waals surface area (Å²) >= 11 is 8.41. The number of fused-ring (bicyclic) bond motifs is 2. The highest BCUT2D eigenvalue weighted by molar-refractivity contribution is 9.10. The van der Waals surface area contributed by atoms with E-state index in [-0.39, 0.29) is 5.78 Å². The van der Waals surface area contributed by atoms with Crippen LogP contribution in [0.3, 0.4) is 0 Å². The molecule has 0 fully saturated rings. The molecular weight excluding hydrogens is 372 g/mol. The molecule has 1 aromatic carbocycles. The summed E-state index contributed by atoms with van der Waals surface area (Å²) < 4.78 is 4.57. The van der Waals surface area contributed by atoms with Crippen LogP contribution in [0.5, 0.6) is 0 Å². The Morgan fingerprint density at radius 2 is 2.00 bits per heavy atom. The Morgan fingerprint density at radius 1 is 1.10 bits per heavy atom. The van der Waals surface area contributed by atoms with Crippen LogP contribution in [-0.2, 0) is 0 Å². The molecule has 0 atom stereocenters. The third kappa shape index (κ3) is 1.89. The first kappa shape index (κ1) is 12.7. The zero-order valence-electron chi connectivity index (χ0n) is 10.1. The van der Waals surface area contributed by atoms with Crippen molar-refractivity contribution in [3.8, 4) is 0 Å². The van der Waals surface area contributed by atoms with Gasteiger partial charge in [-0.1, -0.05) is 12.1 Å². The molecule has 1 nitrogen and oxygen atoms in total. The fourth-order valence-corrected chi connectivity index (χ4v) is 5.87. The zero-order valence-corrected chi connectivity index (χ0v) is 14.1. The summed E-state index contributed by atoms with van der Waals surface area (Å²) in [4.78, 5) is 13.5. The van der Waals surface area contributed by atoms with Gasteiger partial charge in [-0.15, -0.1) is 34.0 Å². The van der Waals surface area contributed by atoms with Crippen LogP contribution in [0, 0.1) is 0 Å². The molecule has 0 aliphatic carbocycles. The first-order valence-corrected chi connectivity index (χ1v) is 9.28. The van der Waals surface area contributed by atoms with Gasteiger partial charge in [0.2, 0.25) is 5.78 Å². The lowest BCUT2D eigenvalue weighted by atomic mass is 10.1. The van der Waals surface area contributed by atoms with E-state index in [1.807, 2.05) is 29.6 Å². The second-order valence-corrected chi connectivity index (χ2v) is 8.12. The Bertz CT molecular complexity index is 916. The number of ketones is 1. The number of hydrogen-bond donors (Lipinski definition) is 0. The summed E-state index contributed by atoms with van der Waals surface area (Å²) in [6, 6.07) is 10.1. The van der Waals surface area contributed by atoms with Crippen LogP contribution in [0.4, 0.5) is 0 Å². The SMILES string of the molecule is O=C(c1cc2sccc2s1)c1csc2c(Br)cccc12. The van der Waals surface area contributed by atoms with Crippen molar-refractivity contribution >= 4 is 75.2 Å². The number of halogens is 1. The summed E-state index contributed by atoms with van der Waals surface area (Å²) in [6.45, 7) is 0. The number of carbonyl (C=O) groups is 1. The fraction of sp³-hybridized carbons (Fsp3) is 0. The predicted octanol–water partition coefficient (Wildman–Crippen LogP) is 6.17. The number of carbonyl (C=O) groups excluding carboxylic acids is 1. The van der Waals surface area contributed by atoms with E-state index in [0.29, 0.717) is 0 Å². The predicted molar refractivity (Wildman–Crippen MR) is 92.7 cm³/mol. The summed E-state index contributed by atoms with van der Waals surface area (Å²) in [7, 11) is 0. The van der Waals surface area contributed by atoms with Crippen molar-refractivity contribution < 1.29 is 4.79 Å². The Labute approximate surface area is 135 Å². The molecule has 4 rings (SSSR count). The van der Waals surface area contributed by atoms with Crippen molar-refractivity contribution in [2.24, 2.45) is 0 Å². The fourth-order valence-electron chi connectivity index (χ4n) is 2.21. The van der Waals surface area contributed by atoms with E-state index in [2.05, 4.69) is 27.4 Å². The molecule has 4 aromatic rings. The summed E-state index contributed by atoms with van der Waals surface area (Å²) in [5.41, 5.74) is 0.806. The Hall–Kier alpha value is -1.01. The maximum atomic E-state index is 12.7. The van der Waals surface area contributed by atoms with Gasteiger partial charge in [-0.05, 0) is 39.5 Å². The Balaban J connectivity index is 1.88. The molecule has 0 unspecified atom stereocenters. The van der Waals surface area contributed by atoms with Crippen LogP contribution in [0.1, 0.15) is 15.2 Å². The van der Waals surface area contributed by atoms with E-state index in [1.165, 1.54) is 9.40 Å².